The van der Waals surface area contributed by atoms with Crippen molar-refractivity contribution >= 4 is 5.69 Å². The van der Waals surface area contributed by atoms with Gasteiger partial charge in [-0.1, -0.05) is 42.0 Å². The van der Waals surface area contributed by atoms with E-state index in [1.807, 2.05) is 25.1 Å². The molecule has 2 aromatic rings. The summed E-state index contributed by atoms with van der Waals surface area (Å²) in [4.78, 5) is 10.4. The number of aryl methyl sites for hydroxylation is 1. The molecule has 0 atom stereocenters. The molecule has 2 nitrogen and oxygen atoms in total. The molecule has 0 saturated heterocycles. The highest BCUT2D eigenvalue weighted by Crippen LogP contribution is 2.29. The van der Waals surface area contributed by atoms with E-state index in [0.29, 0.717) is 5.56 Å². The van der Waals surface area contributed by atoms with Gasteiger partial charge in [-0.3, -0.25) is 0 Å². The minimum Gasteiger partial charge on any atom is -0.204 e. The van der Waals surface area contributed by atoms with Crippen LogP contribution in [0.2, 0.25) is 0 Å². The van der Waals surface area contributed by atoms with Gasteiger partial charge in [0.05, 0.1) is 0 Å². The average Bonchev–Trinajstić information content (AvgIpc) is 2.29. The van der Waals surface area contributed by atoms with Crippen LogP contribution in [0.25, 0.3) is 11.1 Å². The Morgan fingerprint density at radius 3 is 2.56 bits per heavy atom. The average molecular weight is 215 g/mol. The Balaban J connectivity index is 2.60. The molecule has 0 radical (unpaired) electrons. The molecule has 16 heavy (non-hydrogen) atoms. The van der Waals surface area contributed by atoms with Crippen LogP contribution >= 0.6 is 0 Å². The van der Waals surface area contributed by atoms with Gasteiger partial charge in [0.25, 0.3) is 0 Å². The van der Waals surface area contributed by atoms with Crippen molar-refractivity contribution in [1.82, 2.24) is 0 Å². The Bertz CT molecular complexity index is 537. The lowest BCUT2D eigenvalue weighted by molar-refractivity contribution is 0.633. The Morgan fingerprint density at radius 2 is 1.88 bits per heavy atom. The first-order valence-corrected chi connectivity index (χ1v) is 4.91. The smallest absolute Gasteiger partial charge is 0.160 e. The Kier molecular flexibility index (Phi) is 2.77. The monoisotopic (exact) mass is 215 g/mol. The molecule has 0 aliphatic heterocycles. The Hall–Kier alpha value is -2.03. The van der Waals surface area contributed by atoms with E-state index in [1.54, 1.807) is 18.2 Å². The molecule has 0 bridgehead atoms. The SMILES string of the molecule is Cc1cccc(-c2cccc(N=O)c2F)c1. The highest BCUT2D eigenvalue weighted by molar-refractivity contribution is 5.68. The first kappa shape index (κ1) is 10.5. The summed E-state index contributed by atoms with van der Waals surface area (Å²) in [6.07, 6.45) is 0. The molecule has 2 aromatic carbocycles. The van der Waals surface area contributed by atoms with Gasteiger partial charge in [-0.15, -0.1) is 4.91 Å². The van der Waals surface area contributed by atoms with E-state index >= 15 is 0 Å². The lowest BCUT2D eigenvalue weighted by atomic mass is 10.0. The molecule has 0 saturated carbocycles. The van der Waals surface area contributed by atoms with Crippen LogP contribution in [0.5, 0.6) is 0 Å². The van der Waals surface area contributed by atoms with Crippen molar-refractivity contribution in [2.75, 3.05) is 0 Å². The summed E-state index contributed by atoms with van der Waals surface area (Å²) >= 11 is 0. The second-order valence-electron chi connectivity index (χ2n) is 3.60. The molecule has 0 aliphatic carbocycles. The third-order valence-electron chi connectivity index (χ3n) is 2.41. The topological polar surface area (TPSA) is 29.4 Å². The molecular formula is C13H10FNO. The highest BCUT2D eigenvalue weighted by Gasteiger charge is 2.09. The predicted molar refractivity (Wildman–Crippen MR) is 62.0 cm³/mol. The van der Waals surface area contributed by atoms with Crippen molar-refractivity contribution in [3.05, 3.63) is 58.8 Å². The van der Waals surface area contributed by atoms with Crippen molar-refractivity contribution < 1.29 is 4.39 Å². The molecule has 0 aromatic heterocycles. The largest absolute Gasteiger partial charge is 0.204 e. The molecule has 2 rings (SSSR count). The van der Waals surface area contributed by atoms with Crippen molar-refractivity contribution in [2.45, 2.75) is 6.92 Å². The summed E-state index contributed by atoms with van der Waals surface area (Å²) in [6.45, 7) is 1.93. The van der Waals surface area contributed by atoms with Gasteiger partial charge < -0.3 is 0 Å². The van der Waals surface area contributed by atoms with Crippen molar-refractivity contribution in [3.8, 4) is 11.1 Å². The molecule has 80 valence electrons. The molecule has 0 unspecified atom stereocenters. The van der Waals surface area contributed by atoms with Gasteiger partial charge in [-0.05, 0) is 23.7 Å². The predicted octanol–water partition coefficient (Wildman–Crippen LogP) is 4.20. The highest BCUT2D eigenvalue weighted by atomic mass is 19.1. The third-order valence-corrected chi connectivity index (χ3v) is 2.41. The van der Waals surface area contributed by atoms with Gasteiger partial charge in [-0.2, -0.15) is 0 Å². The van der Waals surface area contributed by atoms with Crippen LogP contribution in [0.1, 0.15) is 5.56 Å². The van der Waals surface area contributed by atoms with Crippen LogP contribution in [0.3, 0.4) is 0 Å². The lowest BCUT2D eigenvalue weighted by Gasteiger charge is -2.05. The van der Waals surface area contributed by atoms with Crippen LogP contribution in [0.4, 0.5) is 10.1 Å². The van der Waals surface area contributed by atoms with E-state index in [1.165, 1.54) is 6.07 Å². The van der Waals surface area contributed by atoms with Crippen molar-refractivity contribution in [2.24, 2.45) is 5.18 Å². The number of rotatable bonds is 2. The quantitative estimate of drug-likeness (QED) is 0.690. The maximum Gasteiger partial charge on any atom is 0.160 e. The summed E-state index contributed by atoms with van der Waals surface area (Å²) in [5, 5.41) is 2.65. The molecule has 0 heterocycles. The van der Waals surface area contributed by atoms with Gasteiger partial charge in [-0.25, -0.2) is 4.39 Å². The van der Waals surface area contributed by atoms with Crippen molar-refractivity contribution in [3.63, 3.8) is 0 Å². The van der Waals surface area contributed by atoms with Crippen LogP contribution in [0.15, 0.2) is 47.6 Å². The lowest BCUT2D eigenvalue weighted by Crippen LogP contribution is -1.85. The minimum atomic E-state index is -0.567. The number of halogens is 1. The molecular weight excluding hydrogens is 205 g/mol. The maximum absolute atomic E-state index is 13.8. The molecule has 0 amide bonds. The molecule has 0 fully saturated rings. The molecule has 3 heteroatoms. The van der Waals surface area contributed by atoms with E-state index in [9.17, 15) is 9.30 Å². The number of benzene rings is 2. The number of hydrogen-bond donors (Lipinski definition) is 0. The summed E-state index contributed by atoms with van der Waals surface area (Å²) in [5.41, 5.74) is 2.05. The van der Waals surface area contributed by atoms with Crippen LogP contribution in [-0.2, 0) is 0 Å². The fourth-order valence-electron chi connectivity index (χ4n) is 1.63. The zero-order valence-corrected chi connectivity index (χ0v) is 8.77. The zero-order valence-electron chi connectivity index (χ0n) is 8.77. The van der Waals surface area contributed by atoms with Gasteiger partial charge in [0.2, 0.25) is 0 Å². The van der Waals surface area contributed by atoms with Gasteiger partial charge in [0.15, 0.2) is 5.82 Å². The Labute approximate surface area is 92.7 Å². The number of hydrogen-bond acceptors (Lipinski definition) is 2. The molecule has 0 spiro atoms. The van der Waals surface area contributed by atoms with E-state index in [0.717, 1.165) is 11.1 Å². The van der Waals surface area contributed by atoms with Crippen LogP contribution < -0.4 is 0 Å². The van der Waals surface area contributed by atoms with Crippen LogP contribution in [0, 0.1) is 17.6 Å². The maximum atomic E-state index is 13.8. The van der Waals surface area contributed by atoms with E-state index in [4.69, 9.17) is 0 Å². The van der Waals surface area contributed by atoms with E-state index in [2.05, 4.69) is 5.18 Å². The van der Waals surface area contributed by atoms with E-state index < -0.39 is 5.82 Å². The number of nitrogens with zero attached hydrogens (tertiary/aromatic N) is 1. The molecule has 0 aliphatic rings. The fourth-order valence-corrected chi connectivity index (χ4v) is 1.63. The standard InChI is InChI=1S/C13H10FNO/c1-9-4-2-5-10(8-9)11-6-3-7-12(15-16)13(11)14/h2-8H,1H3. The van der Waals surface area contributed by atoms with E-state index in [-0.39, 0.29) is 5.69 Å². The summed E-state index contributed by atoms with van der Waals surface area (Å²) in [5.74, 6) is -0.567. The van der Waals surface area contributed by atoms with Crippen LogP contribution in [-0.4, -0.2) is 0 Å². The minimum absolute atomic E-state index is 0.154. The molecule has 0 N–H and O–H groups in total. The van der Waals surface area contributed by atoms with Gasteiger partial charge in [0, 0.05) is 5.56 Å². The summed E-state index contributed by atoms with van der Waals surface area (Å²) < 4.78 is 13.8. The van der Waals surface area contributed by atoms with Crippen molar-refractivity contribution in [1.29, 1.82) is 0 Å². The summed E-state index contributed by atoms with van der Waals surface area (Å²) in [7, 11) is 0. The zero-order chi connectivity index (χ0) is 11.5. The second kappa shape index (κ2) is 4.23. The second-order valence-corrected chi connectivity index (χ2v) is 3.60. The third kappa shape index (κ3) is 1.84. The van der Waals surface area contributed by atoms with Gasteiger partial charge in [0.1, 0.15) is 5.69 Å². The van der Waals surface area contributed by atoms with Gasteiger partial charge >= 0.3 is 0 Å². The number of nitroso groups, excluding NO2 is 1. The first-order chi connectivity index (χ1) is 7.72. The summed E-state index contributed by atoms with van der Waals surface area (Å²) in [6, 6.07) is 12.1. The first-order valence-electron chi connectivity index (χ1n) is 4.91. The fraction of sp³-hybridized carbons (Fsp3) is 0.0769. The normalized spacial score (nSPS) is 10.1. The Morgan fingerprint density at radius 1 is 1.12 bits per heavy atom.